The number of hydrogen-bond donors (Lipinski definition) is 1. The third-order valence-electron chi connectivity index (χ3n) is 2.97. The summed E-state index contributed by atoms with van der Waals surface area (Å²) in [5.74, 6) is 0.503. The van der Waals surface area contributed by atoms with E-state index in [1.54, 1.807) is 0 Å². The van der Waals surface area contributed by atoms with E-state index in [-0.39, 0.29) is 6.54 Å². The molecule has 1 rings (SSSR count). The Labute approximate surface area is 96.2 Å². The van der Waals surface area contributed by atoms with Crippen LogP contribution in [0.4, 0.5) is 0 Å². The van der Waals surface area contributed by atoms with Gasteiger partial charge in [0.1, 0.15) is 0 Å². The summed E-state index contributed by atoms with van der Waals surface area (Å²) in [5, 5.41) is 9.46. The minimum absolute atomic E-state index is 0.174. The fourth-order valence-electron chi connectivity index (χ4n) is 2.18. The molecule has 0 spiro atoms. The number of hydrogen-bond acceptors (Lipinski definition) is 3. The highest BCUT2D eigenvalue weighted by Gasteiger charge is 2.30. The Kier molecular flexibility index (Phi) is 4.93. The van der Waals surface area contributed by atoms with E-state index < -0.39 is 5.97 Å². The first-order valence-corrected chi connectivity index (χ1v) is 6.66. The van der Waals surface area contributed by atoms with Crippen molar-refractivity contribution in [1.29, 1.82) is 0 Å². The predicted molar refractivity (Wildman–Crippen MR) is 64.4 cm³/mol. The summed E-state index contributed by atoms with van der Waals surface area (Å²) >= 11 is 1.96. The van der Waals surface area contributed by atoms with Gasteiger partial charge in [0.15, 0.2) is 0 Å². The molecule has 0 bridgehead atoms. The summed E-state index contributed by atoms with van der Waals surface area (Å²) < 4.78 is 0. The molecule has 2 unspecified atom stereocenters. The number of carboxylic acids is 1. The van der Waals surface area contributed by atoms with Crippen molar-refractivity contribution >= 4 is 17.7 Å². The first-order valence-electron chi connectivity index (χ1n) is 5.61. The van der Waals surface area contributed by atoms with Crippen molar-refractivity contribution in [2.45, 2.75) is 50.9 Å². The number of aliphatic carboxylic acids is 1. The molecule has 3 nitrogen and oxygen atoms in total. The number of nitrogens with zero attached hydrogens (tertiary/aromatic N) is 1. The van der Waals surface area contributed by atoms with Crippen molar-refractivity contribution in [2.75, 3.05) is 12.3 Å². The van der Waals surface area contributed by atoms with Crippen LogP contribution in [0.25, 0.3) is 0 Å². The van der Waals surface area contributed by atoms with Crippen molar-refractivity contribution in [1.82, 2.24) is 4.90 Å². The molecule has 0 radical (unpaired) electrons. The second kappa shape index (κ2) is 5.75. The van der Waals surface area contributed by atoms with E-state index in [4.69, 9.17) is 5.11 Å². The monoisotopic (exact) mass is 231 g/mol. The summed E-state index contributed by atoms with van der Waals surface area (Å²) in [6.07, 6.45) is 2.35. The highest BCUT2D eigenvalue weighted by molar-refractivity contribution is 7.99. The molecule has 0 aromatic heterocycles. The molecule has 1 N–H and O–H groups in total. The molecule has 15 heavy (non-hydrogen) atoms. The summed E-state index contributed by atoms with van der Waals surface area (Å²) in [7, 11) is 0. The Balaban J connectivity index is 2.64. The molecule has 1 heterocycles. The zero-order valence-corrected chi connectivity index (χ0v) is 10.6. The van der Waals surface area contributed by atoms with Crippen LogP contribution in [0.3, 0.4) is 0 Å². The first-order chi connectivity index (χ1) is 7.02. The van der Waals surface area contributed by atoms with Crippen LogP contribution in [0.5, 0.6) is 0 Å². The highest BCUT2D eigenvalue weighted by Crippen LogP contribution is 2.29. The topological polar surface area (TPSA) is 40.5 Å². The Morgan fingerprint density at radius 3 is 2.73 bits per heavy atom. The Bertz CT molecular complexity index is 221. The molecule has 1 aliphatic heterocycles. The van der Waals surface area contributed by atoms with Crippen LogP contribution in [0.1, 0.15) is 33.6 Å². The molecule has 0 aromatic carbocycles. The molecule has 2 atom stereocenters. The SMILES string of the molecule is CC1SCCCC1N(CC(=O)O)C(C)C. The van der Waals surface area contributed by atoms with Crippen LogP contribution >= 0.6 is 11.8 Å². The van der Waals surface area contributed by atoms with Gasteiger partial charge in [-0.25, -0.2) is 0 Å². The molecule has 0 aromatic rings. The quantitative estimate of drug-likeness (QED) is 0.804. The van der Waals surface area contributed by atoms with E-state index >= 15 is 0 Å². The third-order valence-corrected chi connectivity index (χ3v) is 4.34. The Morgan fingerprint density at radius 1 is 1.60 bits per heavy atom. The minimum atomic E-state index is -0.716. The lowest BCUT2D eigenvalue weighted by Gasteiger charge is -2.39. The summed E-state index contributed by atoms with van der Waals surface area (Å²) in [4.78, 5) is 12.9. The molecule has 88 valence electrons. The van der Waals surface area contributed by atoms with Gasteiger partial charge in [0, 0.05) is 17.3 Å². The van der Waals surface area contributed by atoms with Gasteiger partial charge in [-0.1, -0.05) is 6.92 Å². The van der Waals surface area contributed by atoms with Crippen LogP contribution in [0.15, 0.2) is 0 Å². The van der Waals surface area contributed by atoms with Gasteiger partial charge in [0.2, 0.25) is 0 Å². The summed E-state index contributed by atoms with van der Waals surface area (Å²) in [6, 6.07) is 0.743. The molecular formula is C11H21NO2S. The zero-order valence-electron chi connectivity index (χ0n) is 9.77. The van der Waals surface area contributed by atoms with Gasteiger partial charge in [-0.05, 0) is 32.4 Å². The van der Waals surface area contributed by atoms with E-state index in [2.05, 4.69) is 25.7 Å². The molecule has 4 heteroatoms. The first kappa shape index (κ1) is 12.8. The Hall–Kier alpha value is -0.220. The molecule has 0 saturated carbocycles. The molecular weight excluding hydrogens is 210 g/mol. The van der Waals surface area contributed by atoms with E-state index in [9.17, 15) is 4.79 Å². The largest absolute Gasteiger partial charge is 0.480 e. The lowest BCUT2D eigenvalue weighted by atomic mass is 10.0. The fraction of sp³-hybridized carbons (Fsp3) is 0.909. The third kappa shape index (κ3) is 3.68. The van der Waals surface area contributed by atoms with Gasteiger partial charge in [0.25, 0.3) is 0 Å². The van der Waals surface area contributed by atoms with Crippen LogP contribution in [0.2, 0.25) is 0 Å². The summed E-state index contributed by atoms with van der Waals surface area (Å²) in [5.41, 5.74) is 0. The lowest BCUT2D eigenvalue weighted by molar-refractivity contribution is -0.139. The lowest BCUT2D eigenvalue weighted by Crippen LogP contribution is -2.49. The normalized spacial score (nSPS) is 27.3. The predicted octanol–water partition coefficient (Wildman–Crippen LogP) is 2.07. The number of carbonyl (C=O) groups is 1. The van der Waals surface area contributed by atoms with Gasteiger partial charge in [-0.2, -0.15) is 11.8 Å². The maximum absolute atomic E-state index is 10.8. The summed E-state index contributed by atoms with van der Waals surface area (Å²) in [6.45, 7) is 6.54. The van der Waals surface area contributed by atoms with Crippen LogP contribution < -0.4 is 0 Å². The van der Waals surface area contributed by atoms with E-state index in [1.807, 2.05) is 11.8 Å². The number of rotatable bonds is 4. The maximum Gasteiger partial charge on any atom is 0.317 e. The standard InChI is InChI=1S/C11H21NO2S/c1-8(2)12(7-11(13)14)10-5-4-6-15-9(10)3/h8-10H,4-7H2,1-3H3,(H,13,14). The van der Waals surface area contributed by atoms with Crippen molar-refractivity contribution in [3.05, 3.63) is 0 Å². The smallest absolute Gasteiger partial charge is 0.317 e. The highest BCUT2D eigenvalue weighted by atomic mass is 32.2. The molecule has 1 aliphatic rings. The van der Waals surface area contributed by atoms with Crippen LogP contribution in [-0.4, -0.2) is 45.6 Å². The maximum atomic E-state index is 10.8. The average Bonchev–Trinajstić information content (AvgIpc) is 2.15. The van der Waals surface area contributed by atoms with E-state index in [1.165, 1.54) is 12.2 Å². The number of thioether (sulfide) groups is 1. The minimum Gasteiger partial charge on any atom is -0.480 e. The second-order valence-corrected chi connectivity index (χ2v) is 5.93. The van der Waals surface area contributed by atoms with Gasteiger partial charge < -0.3 is 5.11 Å². The van der Waals surface area contributed by atoms with Crippen molar-refractivity contribution in [3.63, 3.8) is 0 Å². The van der Waals surface area contributed by atoms with Gasteiger partial charge >= 0.3 is 5.97 Å². The van der Waals surface area contributed by atoms with E-state index in [0.717, 1.165) is 6.42 Å². The van der Waals surface area contributed by atoms with Crippen molar-refractivity contribution in [3.8, 4) is 0 Å². The fourth-order valence-corrected chi connectivity index (χ4v) is 3.40. The van der Waals surface area contributed by atoms with Gasteiger partial charge in [-0.3, -0.25) is 9.69 Å². The van der Waals surface area contributed by atoms with Gasteiger partial charge in [0.05, 0.1) is 6.54 Å². The van der Waals surface area contributed by atoms with Gasteiger partial charge in [-0.15, -0.1) is 0 Å². The number of carboxylic acid groups (broad SMARTS) is 1. The molecule has 1 saturated heterocycles. The second-order valence-electron chi connectivity index (χ2n) is 4.45. The van der Waals surface area contributed by atoms with Crippen LogP contribution in [-0.2, 0) is 4.79 Å². The van der Waals surface area contributed by atoms with Crippen LogP contribution in [0, 0.1) is 0 Å². The Morgan fingerprint density at radius 2 is 2.27 bits per heavy atom. The zero-order chi connectivity index (χ0) is 11.4. The molecule has 0 amide bonds. The van der Waals surface area contributed by atoms with E-state index in [0.29, 0.717) is 17.3 Å². The van der Waals surface area contributed by atoms with Crippen molar-refractivity contribution < 1.29 is 9.90 Å². The molecule has 1 fully saturated rings. The molecule has 0 aliphatic carbocycles. The van der Waals surface area contributed by atoms with Crippen molar-refractivity contribution in [2.24, 2.45) is 0 Å². The average molecular weight is 231 g/mol.